The zero-order chi connectivity index (χ0) is 22.1. The number of sulfonamides is 1. The van der Waals surface area contributed by atoms with E-state index in [1.807, 2.05) is 0 Å². The van der Waals surface area contributed by atoms with E-state index < -0.39 is 21.8 Å². The van der Waals surface area contributed by atoms with Crippen LogP contribution in [0.4, 0.5) is 24.5 Å². The minimum atomic E-state index is -4.43. The molecule has 0 spiro atoms. The summed E-state index contributed by atoms with van der Waals surface area (Å²) in [5, 5.41) is 2.64. The van der Waals surface area contributed by atoms with Gasteiger partial charge in [0.25, 0.3) is 0 Å². The first-order chi connectivity index (χ1) is 14.0. The van der Waals surface area contributed by atoms with Crippen molar-refractivity contribution < 1.29 is 26.4 Å². The van der Waals surface area contributed by atoms with Crippen molar-refractivity contribution in [1.82, 2.24) is 4.31 Å². The third-order valence-corrected chi connectivity index (χ3v) is 6.82. The van der Waals surface area contributed by atoms with Crippen molar-refractivity contribution in [3.05, 3.63) is 53.6 Å². The van der Waals surface area contributed by atoms with Gasteiger partial charge in [0, 0.05) is 44.5 Å². The highest BCUT2D eigenvalue weighted by molar-refractivity contribution is 7.89. The number of amides is 1. The molecule has 0 aliphatic carbocycles. The first-order valence-electron chi connectivity index (χ1n) is 9.29. The molecule has 1 amide bonds. The second-order valence-electron chi connectivity index (χ2n) is 7.10. The maximum Gasteiger partial charge on any atom is 0.416 e. The highest BCUT2D eigenvalue weighted by atomic mass is 32.2. The summed E-state index contributed by atoms with van der Waals surface area (Å²) in [6, 6.07) is 9.50. The Morgan fingerprint density at radius 1 is 1.03 bits per heavy atom. The fourth-order valence-electron chi connectivity index (χ4n) is 3.34. The van der Waals surface area contributed by atoms with Crippen LogP contribution in [0.15, 0.2) is 47.4 Å². The number of alkyl halides is 3. The van der Waals surface area contributed by atoms with Crippen LogP contribution in [-0.4, -0.2) is 44.8 Å². The zero-order valence-electron chi connectivity index (χ0n) is 16.5. The number of nitrogens with one attached hydrogen (secondary N) is 1. The van der Waals surface area contributed by atoms with E-state index in [1.54, 1.807) is 24.0 Å². The van der Waals surface area contributed by atoms with Crippen LogP contribution in [0.2, 0.25) is 0 Å². The molecule has 30 heavy (non-hydrogen) atoms. The Morgan fingerprint density at radius 3 is 2.27 bits per heavy atom. The van der Waals surface area contributed by atoms with E-state index in [0.717, 1.165) is 12.1 Å². The lowest BCUT2D eigenvalue weighted by molar-refractivity contribution is -0.137. The number of carbonyl (C=O) groups excluding carboxylic acids is 1. The number of aryl methyl sites for hydroxylation is 1. The summed E-state index contributed by atoms with van der Waals surface area (Å²) in [6.45, 7) is 3.95. The van der Waals surface area contributed by atoms with Crippen LogP contribution in [0.5, 0.6) is 0 Å². The van der Waals surface area contributed by atoms with E-state index in [4.69, 9.17) is 0 Å². The van der Waals surface area contributed by atoms with Crippen molar-refractivity contribution in [2.24, 2.45) is 0 Å². The van der Waals surface area contributed by atoms with Crippen molar-refractivity contribution in [3.63, 3.8) is 0 Å². The normalized spacial score (nSPS) is 15.8. The molecule has 1 fully saturated rings. The van der Waals surface area contributed by atoms with Crippen molar-refractivity contribution in [2.45, 2.75) is 24.9 Å². The van der Waals surface area contributed by atoms with Gasteiger partial charge in [0.15, 0.2) is 0 Å². The lowest BCUT2D eigenvalue weighted by Gasteiger charge is -2.35. The van der Waals surface area contributed by atoms with Crippen LogP contribution < -0.4 is 10.2 Å². The minimum absolute atomic E-state index is 0.113. The summed E-state index contributed by atoms with van der Waals surface area (Å²) in [5.41, 5.74) is 0.840. The fourth-order valence-corrected chi connectivity index (χ4v) is 4.85. The molecule has 0 radical (unpaired) electrons. The van der Waals surface area contributed by atoms with Gasteiger partial charge < -0.3 is 10.2 Å². The summed E-state index contributed by atoms with van der Waals surface area (Å²) in [4.78, 5) is 13.1. The van der Waals surface area contributed by atoms with Gasteiger partial charge in [-0.15, -0.1) is 0 Å². The number of anilines is 2. The van der Waals surface area contributed by atoms with E-state index in [1.165, 1.54) is 29.4 Å². The molecule has 2 aromatic rings. The van der Waals surface area contributed by atoms with Gasteiger partial charge in [-0.2, -0.15) is 17.5 Å². The van der Waals surface area contributed by atoms with Crippen LogP contribution in [0.3, 0.4) is 0 Å². The molecule has 0 atom stereocenters. The number of nitrogens with zero attached hydrogens (tertiary/aromatic N) is 2. The van der Waals surface area contributed by atoms with E-state index in [2.05, 4.69) is 5.32 Å². The van der Waals surface area contributed by atoms with E-state index in [-0.39, 0.29) is 37.0 Å². The van der Waals surface area contributed by atoms with Crippen LogP contribution in [0, 0.1) is 6.92 Å². The predicted molar refractivity (Wildman–Crippen MR) is 108 cm³/mol. The Hall–Kier alpha value is -2.59. The molecule has 0 unspecified atom stereocenters. The van der Waals surface area contributed by atoms with Gasteiger partial charge in [-0.1, -0.05) is 6.07 Å². The van der Waals surface area contributed by atoms with Crippen LogP contribution in [-0.2, 0) is 21.0 Å². The summed E-state index contributed by atoms with van der Waals surface area (Å²) < 4.78 is 66.1. The van der Waals surface area contributed by atoms with E-state index in [0.29, 0.717) is 16.9 Å². The molecular weight excluding hydrogens is 419 g/mol. The fraction of sp³-hybridized carbons (Fsp3) is 0.350. The van der Waals surface area contributed by atoms with Crippen LogP contribution in [0.25, 0.3) is 0 Å². The molecule has 6 nitrogen and oxygen atoms in total. The van der Waals surface area contributed by atoms with Gasteiger partial charge in [-0.3, -0.25) is 4.79 Å². The molecule has 0 bridgehead atoms. The van der Waals surface area contributed by atoms with Gasteiger partial charge in [-0.25, -0.2) is 8.42 Å². The van der Waals surface area contributed by atoms with Crippen molar-refractivity contribution in [2.75, 3.05) is 36.4 Å². The second-order valence-corrected chi connectivity index (χ2v) is 9.04. The molecule has 1 heterocycles. The summed E-state index contributed by atoms with van der Waals surface area (Å²) in [7, 11) is -3.75. The van der Waals surface area contributed by atoms with Crippen LogP contribution in [0.1, 0.15) is 18.1 Å². The third-order valence-electron chi connectivity index (χ3n) is 4.92. The third kappa shape index (κ3) is 4.76. The van der Waals surface area contributed by atoms with Gasteiger partial charge in [0.1, 0.15) is 0 Å². The topological polar surface area (TPSA) is 69.7 Å². The van der Waals surface area contributed by atoms with Crippen molar-refractivity contribution in [3.8, 4) is 0 Å². The smallest absolute Gasteiger partial charge is 0.369 e. The average Bonchev–Trinajstić information content (AvgIpc) is 2.68. The van der Waals surface area contributed by atoms with Gasteiger partial charge >= 0.3 is 6.18 Å². The zero-order valence-corrected chi connectivity index (χ0v) is 17.3. The molecule has 10 heteroatoms. The standard InChI is InChI=1S/C20H22F3N3O3S/c1-14-12-18(6-7-19(14)24-15(2)27)30(28,29)26-10-8-25(9-11-26)17-5-3-4-16(13-17)20(21,22)23/h3-7,12-13H,8-11H2,1-2H3,(H,24,27). The van der Waals surface area contributed by atoms with E-state index >= 15 is 0 Å². The molecule has 1 saturated heterocycles. The summed E-state index contributed by atoms with van der Waals surface area (Å²) in [5.74, 6) is -0.251. The number of benzene rings is 2. The number of hydrogen-bond acceptors (Lipinski definition) is 4. The van der Waals surface area contributed by atoms with Crippen molar-refractivity contribution in [1.29, 1.82) is 0 Å². The number of rotatable bonds is 4. The Morgan fingerprint density at radius 2 is 1.70 bits per heavy atom. The average molecular weight is 441 g/mol. The van der Waals surface area contributed by atoms with Gasteiger partial charge in [0.05, 0.1) is 10.5 Å². The molecular formula is C20H22F3N3O3S. The quantitative estimate of drug-likeness (QED) is 0.789. The molecule has 0 aromatic heterocycles. The maximum atomic E-state index is 13.0. The van der Waals surface area contributed by atoms with E-state index in [9.17, 15) is 26.4 Å². The Labute approximate surface area is 173 Å². The highest BCUT2D eigenvalue weighted by Crippen LogP contribution is 2.32. The monoisotopic (exact) mass is 441 g/mol. The number of carbonyl (C=O) groups is 1. The second kappa shape index (κ2) is 8.27. The molecule has 1 N–H and O–H groups in total. The van der Waals surface area contributed by atoms with Crippen molar-refractivity contribution >= 4 is 27.3 Å². The van der Waals surface area contributed by atoms with Gasteiger partial charge in [-0.05, 0) is 48.9 Å². The molecule has 0 saturated carbocycles. The predicted octanol–water partition coefficient (Wildman–Crippen LogP) is 3.48. The summed E-state index contributed by atoms with van der Waals surface area (Å²) in [6.07, 6.45) is -4.43. The Bertz CT molecular complexity index is 1050. The maximum absolute atomic E-state index is 13.0. The molecule has 1 aliphatic heterocycles. The molecule has 3 rings (SSSR count). The SMILES string of the molecule is CC(=O)Nc1ccc(S(=O)(=O)N2CCN(c3cccc(C(F)(F)F)c3)CC2)cc1C. The number of hydrogen-bond donors (Lipinski definition) is 1. The number of piperazine rings is 1. The molecule has 1 aliphatic rings. The Kier molecular flexibility index (Phi) is 6.09. The summed E-state index contributed by atoms with van der Waals surface area (Å²) >= 11 is 0. The van der Waals surface area contributed by atoms with Crippen LogP contribution >= 0.6 is 0 Å². The molecule has 2 aromatic carbocycles. The largest absolute Gasteiger partial charge is 0.416 e. The lowest BCUT2D eigenvalue weighted by atomic mass is 10.1. The first kappa shape index (κ1) is 22.1. The Balaban J connectivity index is 1.73. The minimum Gasteiger partial charge on any atom is -0.369 e. The molecule has 162 valence electrons. The first-order valence-corrected chi connectivity index (χ1v) is 10.7. The highest BCUT2D eigenvalue weighted by Gasteiger charge is 2.32. The lowest BCUT2D eigenvalue weighted by Crippen LogP contribution is -2.48. The van der Waals surface area contributed by atoms with Gasteiger partial charge in [0.2, 0.25) is 15.9 Å². The number of halogens is 3.